The van der Waals surface area contributed by atoms with Crippen molar-refractivity contribution >= 4 is 6.21 Å². The Labute approximate surface area is 131 Å². The highest BCUT2D eigenvalue weighted by Gasteiger charge is 2.04. The zero-order valence-corrected chi connectivity index (χ0v) is 13.3. The summed E-state index contributed by atoms with van der Waals surface area (Å²) in [5.74, 6) is 0.576. The highest BCUT2D eigenvalue weighted by atomic mass is 16.5. The molecule has 0 amide bonds. The standard InChI is InChI=1S/C18H22N2O2/c1-20(2)13-15-9-7-14(8-10-15)11-19-12-16-5-4-6-17(22-3)18(16)21/h4-10,12,21H,11,13H2,1-3H3. The summed E-state index contributed by atoms with van der Waals surface area (Å²) in [6, 6.07) is 13.8. The minimum Gasteiger partial charge on any atom is -0.504 e. The molecule has 2 rings (SSSR count). The molecule has 0 saturated heterocycles. The van der Waals surface area contributed by atoms with E-state index in [9.17, 15) is 5.11 Å². The van der Waals surface area contributed by atoms with E-state index in [4.69, 9.17) is 4.74 Å². The van der Waals surface area contributed by atoms with Gasteiger partial charge in [-0.2, -0.15) is 0 Å². The van der Waals surface area contributed by atoms with Crippen LogP contribution in [0.15, 0.2) is 47.5 Å². The average Bonchev–Trinajstić information content (AvgIpc) is 2.50. The van der Waals surface area contributed by atoms with E-state index >= 15 is 0 Å². The number of para-hydroxylation sites is 1. The Balaban J connectivity index is 2.00. The van der Waals surface area contributed by atoms with Crippen LogP contribution >= 0.6 is 0 Å². The number of phenolic OH excluding ortho intramolecular Hbond substituents is 1. The molecule has 0 heterocycles. The Hall–Kier alpha value is -2.33. The summed E-state index contributed by atoms with van der Waals surface area (Å²) in [6.07, 6.45) is 1.67. The highest BCUT2D eigenvalue weighted by molar-refractivity contribution is 5.84. The third kappa shape index (κ3) is 4.33. The van der Waals surface area contributed by atoms with Gasteiger partial charge in [-0.05, 0) is 37.4 Å². The Morgan fingerprint density at radius 1 is 1.09 bits per heavy atom. The van der Waals surface area contributed by atoms with E-state index in [1.807, 2.05) is 12.1 Å². The average molecular weight is 298 g/mol. The van der Waals surface area contributed by atoms with Crippen LogP contribution < -0.4 is 4.74 Å². The van der Waals surface area contributed by atoms with Gasteiger partial charge in [0.1, 0.15) is 0 Å². The molecule has 0 aliphatic rings. The second-order valence-corrected chi connectivity index (χ2v) is 5.42. The van der Waals surface area contributed by atoms with E-state index in [0.29, 0.717) is 17.9 Å². The number of rotatable bonds is 6. The molecule has 0 aromatic heterocycles. The molecule has 1 N–H and O–H groups in total. The molecule has 0 fully saturated rings. The molecular weight excluding hydrogens is 276 g/mol. The van der Waals surface area contributed by atoms with Gasteiger partial charge in [0.05, 0.1) is 13.7 Å². The lowest BCUT2D eigenvalue weighted by Crippen LogP contribution is -2.10. The van der Waals surface area contributed by atoms with Gasteiger partial charge in [0.25, 0.3) is 0 Å². The Kier molecular flexibility index (Phi) is 5.55. The Morgan fingerprint density at radius 3 is 2.41 bits per heavy atom. The summed E-state index contributed by atoms with van der Waals surface area (Å²) in [7, 11) is 5.64. The second-order valence-electron chi connectivity index (χ2n) is 5.42. The van der Waals surface area contributed by atoms with Crippen molar-refractivity contribution in [2.24, 2.45) is 4.99 Å². The van der Waals surface area contributed by atoms with Crippen molar-refractivity contribution in [1.29, 1.82) is 0 Å². The van der Waals surface area contributed by atoms with Crippen LogP contribution in [0.4, 0.5) is 0 Å². The monoisotopic (exact) mass is 298 g/mol. The van der Waals surface area contributed by atoms with E-state index in [-0.39, 0.29) is 5.75 Å². The SMILES string of the molecule is COc1cccc(C=NCc2ccc(CN(C)C)cc2)c1O. The van der Waals surface area contributed by atoms with Crippen LogP contribution in [-0.2, 0) is 13.1 Å². The van der Waals surface area contributed by atoms with Gasteiger partial charge in [-0.3, -0.25) is 4.99 Å². The molecule has 4 heteroatoms. The number of aromatic hydroxyl groups is 1. The maximum atomic E-state index is 9.99. The van der Waals surface area contributed by atoms with Crippen molar-refractivity contribution in [3.05, 3.63) is 59.2 Å². The van der Waals surface area contributed by atoms with Gasteiger partial charge in [-0.25, -0.2) is 0 Å². The summed E-state index contributed by atoms with van der Waals surface area (Å²) in [6.45, 7) is 1.51. The van der Waals surface area contributed by atoms with Crippen LogP contribution in [0.25, 0.3) is 0 Å². The normalized spacial score (nSPS) is 11.3. The molecule has 22 heavy (non-hydrogen) atoms. The number of aliphatic imine (C=N–C) groups is 1. The lowest BCUT2D eigenvalue weighted by Gasteiger charge is -2.09. The number of methoxy groups -OCH3 is 1. The van der Waals surface area contributed by atoms with Gasteiger partial charge in [0.2, 0.25) is 0 Å². The maximum absolute atomic E-state index is 9.99. The lowest BCUT2D eigenvalue weighted by atomic mass is 10.1. The van der Waals surface area contributed by atoms with Crippen molar-refractivity contribution in [3.8, 4) is 11.5 Å². The minimum absolute atomic E-state index is 0.120. The fourth-order valence-electron chi connectivity index (χ4n) is 2.17. The van der Waals surface area contributed by atoms with E-state index < -0.39 is 0 Å². The Bertz CT molecular complexity index is 634. The molecule has 0 bridgehead atoms. The first-order chi connectivity index (χ1) is 10.6. The van der Waals surface area contributed by atoms with Crippen LogP contribution in [0.2, 0.25) is 0 Å². The number of hydrogen-bond donors (Lipinski definition) is 1. The van der Waals surface area contributed by atoms with Crippen molar-refractivity contribution in [2.75, 3.05) is 21.2 Å². The number of phenols is 1. The second kappa shape index (κ2) is 7.61. The summed E-state index contributed by atoms with van der Waals surface area (Å²) in [4.78, 5) is 6.53. The molecule has 0 unspecified atom stereocenters. The first kappa shape index (κ1) is 16.0. The molecule has 4 nitrogen and oxygen atoms in total. The van der Waals surface area contributed by atoms with Crippen LogP contribution in [0.5, 0.6) is 11.5 Å². The molecule has 116 valence electrons. The third-order valence-corrected chi connectivity index (χ3v) is 3.28. The number of benzene rings is 2. The lowest BCUT2D eigenvalue weighted by molar-refractivity contribution is 0.373. The maximum Gasteiger partial charge on any atom is 0.166 e. The van der Waals surface area contributed by atoms with Crippen molar-refractivity contribution in [1.82, 2.24) is 4.90 Å². The van der Waals surface area contributed by atoms with E-state index in [1.54, 1.807) is 12.3 Å². The third-order valence-electron chi connectivity index (χ3n) is 3.28. The molecule has 0 aliphatic carbocycles. The Morgan fingerprint density at radius 2 is 1.77 bits per heavy atom. The molecule has 0 saturated carbocycles. The first-order valence-corrected chi connectivity index (χ1v) is 7.18. The van der Waals surface area contributed by atoms with E-state index in [0.717, 1.165) is 12.1 Å². The zero-order chi connectivity index (χ0) is 15.9. The molecule has 0 radical (unpaired) electrons. The smallest absolute Gasteiger partial charge is 0.166 e. The minimum atomic E-state index is 0.120. The van der Waals surface area contributed by atoms with Crippen molar-refractivity contribution in [3.63, 3.8) is 0 Å². The van der Waals surface area contributed by atoms with Crippen LogP contribution in [0, 0.1) is 0 Å². The van der Waals surface area contributed by atoms with E-state index in [1.165, 1.54) is 12.7 Å². The molecule has 0 aliphatic heterocycles. The van der Waals surface area contributed by atoms with Gasteiger partial charge >= 0.3 is 0 Å². The largest absolute Gasteiger partial charge is 0.504 e. The van der Waals surface area contributed by atoms with Crippen LogP contribution in [0.3, 0.4) is 0 Å². The fourth-order valence-corrected chi connectivity index (χ4v) is 2.17. The summed E-state index contributed by atoms with van der Waals surface area (Å²) in [5, 5.41) is 9.99. The molecule has 0 spiro atoms. The van der Waals surface area contributed by atoms with E-state index in [2.05, 4.69) is 48.3 Å². The zero-order valence-electron chi connectivity index (χ0n) is 13.3. The first-order valence-electron chi connectivity index (χ1n) is 7.18. The van der Waals surface area contributed by atoms with Gasteiger partial charge < -0.3 is 14.7 Å². The summed E-state index contributed by atoms with van der Waals surface area (Å²) < 4.78 is 5.08. The topological polar surface area (TPSA) is 45.1 Å². The number of hydrogen-bond acceptors (Lipinski definition) is 4. The van der Waals surface area contributed by atoms with Crippen LogP contribution in [-0.4, -0.2) is 37.4 Å². The predicted octanol–water partition coefficient (Wildman–Crippen LogP) is 3.08. The fraction of sp³-hybridized carbons (Fsp3) is 0.278. The van der Waals surface area contributed by atoms with Gasteiger partial charge in [0, 0.05) is 18.3 Å². The highest BCUT2D eigenvalue weighted by Crippen LogP contribution is 2.28. The summed E-state index contributed by atoms with van der Waals surface area (Å²) in [5.41, 5.74) is 3.08. The summed E-state index contributed by atoms with van der Waals surface area (Å²) >= 11 is 0. The molecular formula is C18H22N2O2. The molecule has 2 aromatic rings. The van der Waals surface area contributed by atoms with Crippen molar-refractivity contribution in [2.45, 2.75) is 13.1 Å². The predicted molar refractivity (Wildman–Crippen MR) is 89.8 cm³/mol. The van der Waals surface area contributed by atoms with Crippen molar-refractivity contribution < 1.29 is 9.84 Å². The quantitative estimate of drug-likeness (QED) is 0.834. The number of ether oxygens (including phenoxy) is 1. The molecule has 0 atom stereocenters. The molecule has 2 aromatic carbocycles. The number of nitrogens with zero attached hydrogens (tertiary/aromatic N) is 2. The van der Waals surface area contributed by atoms with Crippen LogP contribution in [0.1, 0.15) is 16.7 Å². The van der Waals surface area contributed by atoms with Gasteiger partial charge in [-0.15, -0.1) is 0 Å². The van der Waals surface area contributed by atoms with Gasteiger partial charge in [0.15, 0.2) is 11.5 Å². The van der Waals surface area contributed by atoms with Gasteiger partial charge in [-0.1, -0.05) is 30.3 Å².